The summed E-state index contributed by atoms with van der Waals surface area (Å²) < 4.78 is 5.60. The summed E-state index contributed by atoms with van der Waals surface area (Å²) in [5, 5.41) is 0.822. The first-order chi connectivity index (χ1) is 10.0. The van der Waals surface area contributed by atoms with Crippen LogP contribution in [0, 0.1) is 0 Å². The molecule has 2 N–H and O–H groups in total. The lowest BCUT2D eigenvalue weighted by Gasteiger charge is -2.49. The van der Waals surface area contributed by atoms with E-state index in [0.29, 0.717) is 12.6 Å². The number of halogens is 1. The zero-order valence-electron chi connectivity index (χ0n) is 13.3. The van der Waals surface area contributed by atoms with Crippen molar-refractivity contribution in [3.05, 3.63) is 34.9 Å². The summed E-state index contributed by atoms with van der Waals surface area (Å²) >= 11 is 6.36. The maximum Gasteiger partial charge on any atom is 0.0589 e. The van der Waals surface area contributed by atoms with Crippen LogP contribution in [-0.4, -0.2) is 37.2 Å². The van der Waals surface area contributed by atoms with Crippen molar-refractivity contribution in [1.82, 2.24) is 4.90 Å². The summed E-state index contributed by atoms with van der Waals surface area (Å²) in [6, 6.07) is 8.30. The lowest BCUT2D eigenvalue weighted by Crippen LogP contribution is -2.56. The van der Waals surface area contributed by atoms with Gasteiger partial charge in [-0.2, -0.15) is 0 Å². The number of hydrogen-bond donors (Lipinski definition) is 1. The Labute approximate surface area is 133 Å². The predicted octanol–water partition coefficient (Wildman–Crippen LogP) is 3.62. The third-order valence-electron chi connectivity index (χ3n) is 5.17. The Morgan fingerprint density at radius 2 is 2.19 bits per heavy atom. The van der Waals surface area contributed by atoms with Gasteiger partial charge in [-0.25, -0.2) is 0 Å². The number of methoxy groups -OCH3 is 1. The molecule has 0 radical (unpaired) electrons. The molecule has 1 aliphatic carbocycles. The molecule has 1 saturated carbocycles. The molecule has 4 heteroatoms. The summed E-state index contributed by atoms with van der Waals surface area (Å²) in [4.78, 5) is 2.40. The second-order valence-corrected chi connectivity index (χ2v) is 6.60. The summed E-state index contributed by atoms with van der Waals surface area (Å²) in [6.07, 6.45) is 4.71. The van der Waals surface area contributed by atoms with Crippen LogP contribution in [0.5, 0.6) is 0 Å². The van der Waals surface area contributed by atoms with E-state index in [0.717, 1.165) is 36.3 Å². The van der Waals surface area contributed by atoms with E-state index in [1.807, 2.05) is 18.2 Å². The zero-order valence-corrected chi connectivity index (χ0v) is 14.1. The monoisotopic (exact) mass is 310 g/mol. The van der Waals surface area contributed by atoms with Crippen molar-refractivity contribution in [1.29, 1.82) is 0 Å². The van der Waals surface area contributed by atoms with E-state index < -0.39 is 0 Å². The number of benzene rings is 1. The van der Waals surface area contributed by atoms with Crippen LogP contribution in [0.3, 0.4) is 0 Å². The van der Waals surface area contributed by atoms with Crippen molar-refractivity contribution in [3.63, 3.8) is 0 Å². The minimum Gasteiger partial charge on any atom is -0.381 e. The molecule has 1 aromatic rings. The molecular weight excluding hydrogens is 284 g/mol. The van der Waals surface area contributed by atoms with Gasteiger partial charge in [-0.3, -0.25) is 4.90 Å². The average Bonchev–Trinajstić information content (AvgIpc) is 2.53. The lowest BCUT2D eigenvalue weighted by molar-refractivity contribution is -0.0258. The molecule has 1 aliphatic rings. The fourth-order valence-corrected chi connectivity index (χ4v) is 3.86. The van der Waals surface area contributed by atoms with Gasteiger partial charge in [0.05, 0.1) is 6.10 Å². The predicted molar refractivity (Wildman–Crippen MR) is 88.7 cm³/mol. The fourth-order valence-electron chi connectivity index (χ4n) is 3.57. The van der Waals surface area contributed by atoms with Gasteiger partial charge in [-0.15, -0.1) is 0 Å². The van der Waals surface area contributed by atoms with Crippen LogP contribution >= 0.6 is 11.6 Å². The maximum atomic E-state index is 6.36. The van der Waals surface area contributed by atoms with Gasteiger partial charge >= 0.3 is 0 Å². The van der Waals surface area contributed by atoms with Gasteiger partial charge in [0.25, 0.3) is 0 Å². The molecule has 3 nitrogen and oxygen atoms in total. The molecule has 21 heavy (non-hydrogen) atoms. The van der Waals surface area contributed by atoms with Crippen molar-refractivity contribution < 1.29 is 4.74 Å². The van der Waals surface area contributed by atoms with E-state index >= 15 is 0 Å². The first-order valence-electron chi connectivity index (χ1n) is 7.74. The van der Waals surface area contributed by atoms with Crippen molar-refractivity contribution in [2.75, 3.05) is 20.7 Å². The Bertz CT molecular complexity index is 468. The highest BCUT2D eigenvalue weighted by Crippen LogP contribution is 2.39. The summed E-state index contributed by atoms with van der Waals surface area (Å²) in [5.74, 6) is 0. The third kappa shape index (κ3) is 3.42. The molecule has 3 unspecified atom stereocenters. The SMILES string of the molecule is COC1CCCC(CN)(N(C)C(C)c2ccccc2Cl)C1. The fraction of sp³-hybridized carbons (Fsp3) is 0.647. The van der Waals surface area contributed by atoms with Crippen LogP contribution in [0.1, 0.15) is 44.2 Å². The Hall–Kier alpha value is -0.610. The molecular formula is C17H27ClN2O. The van der Waals surface area contributed by atoms with Crippen LogP contribution in [-0.2, 0) is 4.74 Å². The Morgan fingerprint density at radius 3 is 2.81 bits per heavy atom. The van der Waals surface area contributed by atoms with E-state index in [1.165, 1.54) is 0 Å². The molecule has 118 valence electrons. The number of nitrogens with two attached hydrogens (primary N) is 1. The van der Waals surface area contributed by atoms with Crippen molar-refractivity contribution in [2.45, 2.75) is 50.3 Å². The molecule has 2 rings (SSSR count). The zero-order chi connectivity index (χ0) is 15.5. The highest BCUT2D eigenvalue weighted by molar-refractivity contribution is 6.31. The first-order valence-corrected chi connectivity index (χ1v) is 8.12. The van der Waals surface area contributed by atoms with E-state index in [9.17, 15) is 0 Å². The second-order valence-electron chi connectivity index (χ2n) is 6.19. The van der Waals surface area contributed by atoms with Gasteiger partial charge < -0.3 is 10.5 Å². The Kier molecular flexibility index (Phi) is 5.67. The minimum absolute atomic E-state index is 0.00247. The quantitative estimate of drug-likeness (QED) is 0.902. The molecule has 0 aromatic heterocycles. The molecule has 0 aliphatic heterocycles. The van der Waals surface area contributed by atoms with Gasteiger partial charge in [0.2, 0.25) is 0 Å². The number of nitrogens with zero attached hydrogens (tertiary/aromatic N) is 1. The van der Waals surface area contributed by atoms with Gasteiger partial charge in [0.15, 0.2) is 0 Å². The van der Waals surface area contributed by atoms with Crippen molar-refractivity contribution in [3.8, 4) is 0 Å². The molecule has 1 fully saturated rings. The van der Waals surface area contributed by atoms with E-state index in [2.05, 4.69) is 24.9 Å². The van der Waals surface area contributed by atoms with Crippen molar-refractivity contribution >= 4 is 11.6 Å². The summed E-state index contributed by atoms with van der Waals surface area (Å²) in [6.45, 7) is 2.85. The molecule has 0 saturated heterocycles. The van der Waals surface area contributed by atoms with Crippen LogP contribution in [0.4, 0.5) is 0 Å². The van der Waals surface area contributed by atoms with Crippen LogP contribution < -0.4 is 5.73 Å². The largest absolute Gasteiger partial charge is 0.381 e. The number of rotatable bonds is 5. The number of ether oxygens (including phenoxy) is 1. The van der Waals surface area contributed by atoms with Crippen LogP contribution in [0.25, 0.3) is 0 Å². The Morgan fingerprint density at radius 1 is 1.48 bits per heavy atom. The number of hydrogen-bond acceptors (Lipinski definition) is 3. The lowest BCUT2D eigenvalue weighted by atomic mass is 9.78. The highest BCUT2D eigenvalue weighted by atomic mass is 35.5. The highest BCUT2D eigenvalue weighted by Gasteiger charge is 2.41. The van der Waals surface area contributed by atoms with Gasteiger partial charge in [0.1, 0.15) is 0 Å². The van der Waals surface area contributed by atoms with E-state index in [4.69, 9.17) is 22.1 Å². The van der Waals surface area contributed by atoms with E-state index in [1.54, 1.807) is 7.11 Å². The summed E-state index contributed by atoms with van der Waals surface area (Å²) in [7, 11) is 3.97. The van der Waals surface area contributed by atoms with Crippen LogP contribution in [0.15, 0.2) is 24.3 Å². The van der Waals surface area contributed by atoms with Gasteiger partial charge in [-0.1, -0.05) is 29.8 Å². The molecule has 1 aromatic carbocycles. The smallest absolute Gasteiger partial charge is 0.0589 e. The third-order valence-corrected chi connectivity index (χ3v) is 5.52. The number of likely N-dealkylation sites (N-methyl/N-ethyl adjacent to an activating group) is 1. The average molecular weight is 311 g/mol. The van der Waals surface area contributed by atoms with Crippen molar-refractivity contribution in [2.24, 2.45) is 5.73 Å². The molecule has 0 spiro atoms. The van der Waals surface area contributed by atoms with Gasteiger partial charge in [-0.05, 0) is 51.3 Å². The normalized spacial score (nSPS) is 27.8. The summed E-state index contributed by atoms with van der Waals surface area (Å²) in [5.41, 5.74) is 7.34. The first kappa shape index (κ1) is 16.8. The van der Waals surface area contributed by atoms with Crippen LogP contribution in [0.2, 0.25) is 5.02 Å². The van der Waals surface area contributed by atoms with Gasteiger partial charge in [0, 0.05) is 30.3 Å². The molecule has 0 amide bonds. The van der Waals surface area contributed by atoms with E-state index in [-0.39, 0.29) is 11.6 Å². The molecule has 0 heterocycles. The topological polar surface area (TPSA) is 38.5 Å². The standard InChI is InChI=1S/C17H27ClN2O/c1-13(15-8-4-5-9-16(15)18)20(2)17(12-19)10-6-7-14(11-17)21-3/h4-5,8-9,13-14H,6-7,10-12,19H2,1-3H3. The maximum absolute atomic E-state index is 6.36. The Balaban J connectivity index is 2.23. The molecule has 3 atom stereocenters. The minimum atomic E-state index is -0.00247. The molecule has 0 bridgehead atoms. The second kappa shape index (κ2) is 7.10.